The highest BCUT2D eigenvalue weighted by Crippen LogP contribution is 2.30. The molecule has 2 unspecified atom stereocenters. The number of hydrogen-bond acceptors (Lipinski definition) is 4. The zero-order valence-corrected chi connectivity index (χ0v) is 13.2. The maximum Gasteiger partial charge on any atom is 0.0702 e. The van der Waals surface area contributed by atoms with Crippen LogP contribution in [0.15, 0.2) is 15.9 Å². The lowest BCUT2D eigenvalue weighted by atomic mass is 10.2. The maximum absolute atomic E-state index is 5.89. The van der Waals surface area contributed by atoms with Crippen LogP contribution < -0.4 is 5.73 Å². The van der Waals surface area contributed by atoms with Crippen molar-refractivity contribution in [3.8, 4) is 0 Å². The van der Waals surface area contributed by atoms with Gasteiger partial charge in [-0.2, -0.15) is 11.8 Å². The van der Waals surface area contributed by atoms with Gasteiger partial charge in [-0.25, -0.2) is 0 Å². The second kappa shape index (κ2) is 7.01. The predicted octanol–water partition coefficient (Wildman–Crippen LogP) is 3.19. The number of likely N-dealkylation sites (N-methyl/N-ethyl adjacent to an activating group) is 1. The highest BCUT2D eigenvalue weighted by Gasteiger charge is 2.21. The molecular weight excluding hydrogens is 304 g/mol. The summed E-state index contributed by atoms with van der Waals surface area (Å²) in [4.78, 5) is 3.71. The van der Waals surface area contributed by atoms with Gasteiger partial charge in [0.25, 0.3) is 0 Å². The van der Waals surface area contributed by atoms with Crippen molar-refractivity contribution in [2.75, 3.05) is 25.6 Å². The number of rotatable bonds is 6. The van der Waals surface area contributed by atoms with E-state index in [0.717, 1.165) is 5.75 Å². The van der Waals surface area contributed by atoms with Crippen molar-refractivity contribution in [3.05, 3.63) is 20.8 Å². The van der Waals surface area contributed by atoms with Crippen LogP contribution in [-0.4, -0.2) is 36.5 Å². The molecule has 1 heterocycles. The third-order valence-corrected chi connectivity index (χ3v) is 5.28. The molecule has 2 atom stereocenters. The highest BCUT2D eigenvalue weighted by molar-refractivity contribution is 9.11. The van der Waals surface area contributed by atoms with Gasteiger partial charge in [0.2, 0.25) is 0 Å². The zero-order valence-electron chi connectivity index (χ0n) is 9.94. The molecule has 0 amide bonds. The van der Waals surface area contributed by atoms with Crippen LogP contribution in [0.3, 0.4) is 0 Å². The molecule has 92 valence electrons. The van der Waals surface area contributed by atoms with Gasteiger partial charge in [0.1, 0.15) is 0 Å². The molecule has 0 aliphatic rings. The lowest BCUT2D eigenvalue weighted by Crippen LogP contribution is -2.37. The molecule has 0 radical (unpaired) electrons. The Hall–Kier alpha value is 0.450. The van der Waals surface area contributed by atoms with Crippen LogP contribution in [0.4, 0.5) is 0 Å². The Morgan fingerprint density at radius 3 is 2.69 bits per heavy atom. The molecule has 0 aliphatic heterocycles. The van der Waals surface area contributed by atoms with Crippen molar-refractivity contribution in [2.24, 2.45) is 5.73 Å². The summed E-state index contributed by atoms with van der Waals surface area (Å²) in [6, 6.07) is 5.13. The monoisotopic (exact) mass is 322 g/mol. The minimum atomic E-state index is 0.332. The molecule has 0 aromatic carbocycles. The van der Waals surface area contributed by atoms with Gasteiger partial charge in [-0.05, 0) is 48.3 Å². The first kappa shape index (κ1) is 14.5. The number of nitrogens with two attached hydrogens (primary N) is 1. The van der Waals surface area contributed by atoms with Crippen molar-refractivity contribution in [1.82, 2.24) is 4.90 Å². The second-order valence-electron chi connectivity index (χ2n) is 3.86. The number of thioether (sulfide) groups is 1. The van der Waals surface area contributed by atoms with E-state index in [1.54, 1.807) is 11.3 Å². The molecule has 0 aliphatic carbocycles. The minimum absolute atomic E-state index is 0.332. The van der Waals surface area contributed by atoms with E-state index >= 15 is 0 Å². The predicted molar refractivity (Wildman–Crippen MR) is 79.4 cm³/mol. The molecule has 1 aromatic heterocycles. The van der Waals surface area contributed by atoms with Crippen molar-refractivity contribution in [2.45, 2.75) is 19.0 Å². The molecule has 0 bridgehead atoms. The van der Waals surface area contributed by atoms with Gasteiger partial charge in [-0.15, -0.1) is 11.3 Å². The van der Waals surface area contributed by atoms with Gasteiger partial charge in [-0.3, -0.25) is 4.90 Å². The molecule has 1 aromatic rings. The normalized spacial score (nSPS) is 15.4. The SMILES string of the molecule is CSCC(C)N(C)C(CN)c1ccc(Br)s1. The van der Waals surface area contributed by atoms with Crippen LogP contribution in [0.5, 0.6) is 0 Å². The van der Waals surface area contributed by atoms with Crippen LogP contribution in [0, 0.1) is 0 Å². The van der Waals surface area contributed by atoms with E-state index in [2.05, 4.69) is 53.2 Å². The summed E-state index contributed by atoms with van der Waals surface area (Å²) in [5.41, 5.74) is 5.89. The van der Waals surface area contributed by atoms with Crippen LogP contribution in [0.1, 0.15) is 17.8 Å². The first-order valence-electron chi connectivity index (χ1n) is 5.26. The van der Waals surface area contributed by atoms with Gasteiger partial charge in [-0.1, -0.05) is 0 Å². The summed E-state index contributed by atoms with van der Waals surface area (Å²) in [7, 11) is 2.16. The first-order chi connectivity index (χ1) is 7.60. The summed E-state index contributed by atoms with van der Waals surface area (Å²) >= 11 is 7.15. The fraction of sp³-hybridized carbons (Fsp3) is 0.636. The van der Waals surface area contributed by atoms with Crippen LogP contribution in [0.25, 0.3) is 0 Å². The Kier molecular flexibility index (Phi) is 6.36. The maximum atomic E-state index is 5.89. The third kappa shape index (κ3) is 3.74. The van der Waals surface area contributed by atoms with Crippen molar-refractivity contribution < 1.29 is 0 Å². The summed E-state index contributed by atoms with van der Waals surface area (Å²) < 4.78 is 1.17. The van der Waals surface area contributed by atoms with E-state index in [9.17, 15) is 0 Å². The molecule has 1 rings (SSSR count). The van der Waals surface area contributed by atoms with Crippen LogP contribution >= 0.6 is 39.0 Å². The van der Waals surface area contributed by atoms with Gasteiger partial charge < -0.3 is 5.73 Å². The van der Waals surface area contributed by atoms with E-state index in [1.807, 2.05) is 11.8 Å². The van der Waals surface area contributed by atoms with E-state index in [1.165, 1.54) is 8.66 Å². The molecule has 0 spiro atoms. The molecule has 0 saturated heterocycles. The summed E-state index contributed by atoms with van der Waals surface area (Å²) in [6.45, 7) is 2.92. The fourth-order valence-corrected chi connectivity index (χ4v) is 3.96. The van der Waals surface area contributed by atoms with E-state index in [4.69, 9.17) is 5.73 Å². The quantitative estimate of drug-likeness (QED) is 0.872. The molecule has 0 saturated carbocycles. The van der Waals surface area contributed by atoms with Gasteiger partial charge >= 0.3 is 0 Å². The Morgan fingerprint density at radius 1 is 1.56 bits per heavy atom. The van der Waals surface area contributed by atoms with Gasteiger partial charge in [0, 0.05) is 23.2 Å². The van der Waals surface area contributed by atoms with Crippen LogP contribution in [0.2, 0.25) is 0 Å². The fourth-order valence-electron chi connectivity index (χ4n) is 1.66. The van der Waals surface area contributed by atoms with Crippen molar-refractivity contribution >= 4 is 39.0 Å². The lowest BCUT2D eigenvalue weighted by Gasteiger charge is -2.31. The Balaban J connectivity index is 2.73. The smallest absolute Gasteiger partial charge is 0.0702 e. The molecular formula is C11H19BrN2S2. The van der Waals surface area contributed by atoms with Gasteiger partial charge in [0.15, 0.2) is 0 Å². The third-order valence-electron chi connectivity index (χ3n) is 2.74. The number of nitrogens with zero attached hydrogens (tertiary/aromatic N) is 1. The molecule has 5 heteroatoms. The number of thiophene rings is 1. The number of halogens is 1. The largest absolute Gasteiger partial charge is 0.329 e. The summed E-state index contributed by atoms with van der Waals surface area (Å²) in [5.74, 6) is 1.14. The zero-order chi connectivity index (χ0) is 12.1. The average Bonchev–Trinajstić information content (AvgIpc) is 2.66. The van der Waals surface area contributed by atoms with E-state index < -0.39 is 0 Å². The molecule has 2 N–H and O–H groups in total. The lowest BCUT2D eigenvalue weighted by molar-refractivity contribution is 0.207. The van der Waals surface area contributed by atoms with Gasteiger partial charge in [0.05, 0.1) is 9.83 Å². The standard InChI is InChI=1S/C11H19BrN2S2/c1-8(7-15-3)14(2)9(6-13)10-4-5-11(12)16-10/h4-5,8-9H,6-7,13H2,1-3H3. The highest BCUT2D eigenvalue weighted by atomic mass is 79.9. The second-order valence-corrected chi connectivity index (χ2v) is 7.27. The van der Waals surface area contributed by atoms with Crippen molar-refractivity contribution in [3.63, 3.8) is 0 Å². The first-order valence-corrected chi connectivity index (χ1v) is 8.26. The summed E-state index contributed by atoms with van der Waals surface area (Å²) in [5, 5.41) is 0. The Bertz CT molecular complexity index is 317. The van der Waals surface area contributed by atoms with Crippen LogP contribution in [-0.2, 0) is 0 Å². The number of hydrogen-bond donors (Lipinski definition) is 1. The topological polar surface area (TPSA) is 29.3 Å². The van der Waals surface area contributed by atoms with Crippen molar-refractivity contribution in [1.29, 1.82) is 0 Å². The molecule has 16 heavy (non-hydrogen) atoms. The summed E-state index contributed by atoms with van der Waals surface area (Å²) in [6.07, 6.45) is 2.14. The average molecular weight is 323 g/mol. The minimum Gasteiger partial charge on any atom is -0.329 e. The van der Waals surface area contributed by atoms with E-state index in [0.29, 0.717) is 18.6 Å². The molecule has 2 nitrogen and oxygen atoms in total. The van der Waals surface area contributed by atoms with E-state index in [-0.39, 0.29) is 0 Å². The Labute approximate surface area is 115 Å². The molecule has 0 fully saturated rings. The Morgan fingerprint density at radius 2 is 2.25 bits per heavy atom.